The first-order chi connectivity index (χ1) is 10.9. The SMILES string of the molecule is O=C1NC(=NC2CCCC2)S/C1=C\c1ccccc1C(F)(F)F. The molecule has 0 aromatic heterocycles. The maximum absolute atomic E-state index is 13.0. The second kappa shape index (κ2) is 6.39. The fourth-order valence-electron chi connectivity index (χ4n) is 2.71. The predicted molar refractivity (Wildman–Crippen MR) is 84.8 cm³/mol. The summed E-state index contributed by atoms with van der Waals surface area (Å²) < 4.78 is 39.0. The number of nitrogens with zero attached hydrogens (tertiary/aromatic N) is 1. The van der Waals surface area contributed by atoms with Crippen LogP contribution < -0.4 is 5.32 Å². The standard InChI is InChI=1S/C16H15F3N2OS/c17-16(18,19)12-8-4-1-5-10(12)9-13-14(22)21-15(23-13)20-11-6-2-3-7-11/h1,4-5,8-9,11H,2-3,6-7H2,(H,20,21,22)/b13-9-. The Kier molecular flexibility index (Phi) is 4.48. The van der Waals surface area contributed by atoms with Crippen LogP contribution in [0.4, 0.5) is 13.2 Å². The number of thioether (sulfide) groups is 1. The molecule has 122 valence electrons. The number of benzene rings is 1. The van der Waals surface area contributed by atoms with E-state index in [0.29, 0.717) is 5.17 Å². The lowest BCUT2D eigenvalue weighted by Crippen LogP contribution is -2.21. The molecule has 1 aromatic rings. The van der Waals surface area contributed by atoms with Crippen LogP contribution in [-0.2, 0) is 11.0 Å². The number of hydrogen-bond acceptors (Lipinski definition) is 3. The molecular formula is C16H15F3N2OS. The predicted octanol–water partition coefficient (Wildman–Crippen LogP) is 4.21. The number of alkyl halides is 3. The van der Waals surface area contributed by atoms with Gasteiger partial charge in [-0.3, -0.25) is 9.79 Å². The Bertz CT molecular complexity index is 676. The van der Waals surface area contributed by atoms with E-state index in [1.807, 2.05) is 0 Å². The number of hydrogen-bond donors (Lipinski definition) is 1. The number of aliphatic imine (C=N–C) groups is 1. The molecule has 0 bridgehead atoms. The topological polar surface area (TPSA) is 41.5 Å². The van der Waals surface area contributed by atoms with Crippen LogP contribution in [0.15, 0.2) is 34.2 Å². The summed E-state index contributed by atoms with van der Waals surface area (Å²) in [6.07, 6.45) is 1.07. The molecule has 1 N–H and O–H groups in total. The Morgan fingerprint density at radius 3 is 2.61 bits per heavy atom. The average Bonchev–Trinajstić information content (AvgIpc) is 3.09. The summed E-state index contributed by atoms with van der Waals surface area (Å²) >= 11 is 1.10. The fourth-order valence-corrected chi connectivity index (χ4v) is 3.59. The van der Waals surface area contributed by atoms with Gasteiger partial charge in [-0.25, -0.2) is 0 Å². The Labute approximate surface area is 136 Å². The summed E-state index contributed by atoms with van der Waals surface area (Å²) in [7, 11) is 0. The molecule has 23 heavy (non-hydrogen) atoms. The lowest BCUT2D eigenvalue weighted by atomic mass is 10.1. The summed E-state index contributed by atoms with van der Waals surface area (Å²) in [6.45, 7) is 0. The lowest BCUT2D eigenvalue weighted by molar-refractivity contribution is -0.137. The van der Waals surface area contributed by atoms with Gasteiger partial charge in [0.25, 0.3) is 5.91 Å². The van der Waals surface area contributed by atoms with Gasteiger partial charge in [-0.15, -0.1) is 0 Å². The van der Waals surface area contributed by atoms with Crippen molar-refractivity contribution in [2.24, 2.45) is 4.99 Å². The van der Waals surface area contributed by atoms with Gasteiger partial charge in [-0.2, -0.15) is 13.2 Å². The third-order valence-corrected chi connectivity index (χ3v) is 4.75. The minimum atomic E-state index is -4.45. The molecule has 0 radical (unpaired) electrons. The van der Waals surface area contributed by atoms with E-state index in [1.54, 1.807) is 0 Å². The van der Waals surface area contributed by atoms with Gasteiger partial charge in [-0.05, 0) is 42.3 Å². The van der Waals surface area contributed by atoms with Gasteiger partial charge in [0.15, 0.2) is 5.17 Å². The van der Waals surface area contributed by atoms with E-state index in [0.717, 1.165) is 43.5 Å². The van der Waals surface area contributed by atoms with E-state index >= 15 is 0 Å². The fraction of sp³-hybridized carbons (Fsp3) is 0.375. The second-order valence-corrected chi connectivity index (χ2v) is 6.55. The molecule has 1 heterocycles. The Morgan fingerprint density at radius 1 is 1.22 bits per heavy atom. The number of nitrogens with one attached hydrogen (secondary N) is 1. The minimum absolute atomic E-state index is 0.0141. The van der Waals surface area contributed by atoms with Gasteiger partial charge in [0, 0.05) is 0 Å². The zero-order valence-corrected chi connectivity index (χ0v) is 13.0. The highest BCUT2D eigenvalue weighted by Crippen LogP contribution is 2.35. The van der Waals surface area contributed by atoms with Crippen LogP contribution in [-0.4, -0.2) is 17.1 Å². The monoisotopic (exact) mass is 340 g/mol. The average molecular weight is 340 g/mol. The maximum Gasteiger partial charge on any atom is 0.416 e. The van der Waals surface area contributed by atoms with Crippen LogP contribution in [0.3, 0.4) is 0 Å². The van der Waals surface area contributed by atoms with E-state index in [9.17, 15) is 18.0 Å². The van der Waals surface area contributed by atoms with Crippen molar-refractivity contribution in [2.45, 2.75) is 37.9 Å². The van der Waals surface area contributed by atoms with Crippen LogP contribution in [0, 0.1) is 0 Å². The molecule has 2 fully saturated rings. The van der Waals surface area contributed by atoms with Crippen molar-refractivity contribution in [1.29, 1.82) is 0 Å². The quantitative estimate of drug-likeness (QED) is 0.820. The minimum Gasteiger partial charge on any atom is -0.301 e. The van der Waals surface area contributed by atoms with Crippen molar-refractivity contribution in [3.8, 4) is 0 Å². The number of carbonyl (C=O) groups is 1. The molecule has 1 saturated heterocycles. The number of halogens is 3. The van der Waals surface area contributed by atoms with Gasteiger partial charge in [-0.1, -0.05) is 31.0 Å². The van der Waals surface area contributed by atoms with E-state index < -0.39 is 17.6 Å². The van der Waals surface area contributed by atoms with Crippen molar-refractivity contribution < 1.29 is 18.0 Å². The summed E-state index contributed by atoms with van der Waals surface area (Å²) in [6, 6.07) is 5.43. The second-order valence-electron chi connectivity index (χ2n) is 5.52. The Balaban J connectivity index is 1.85. The number of amidine groups is 1. The van der Waals surface area contributed by atoms with Crippen molar-refractivity contribution in [2.75, 3.05) is 0 Å². The largest absolute Gasteiger partial charge is 0.416 e. The third-order valence-electron chi connectivity index (χ3n) is 3.83. The highest BCUT2D eigenvalue weighted by Gasteiger charge is 2.33. The highest BCUT2D eigenvalue weighted by atomic mass is 32.2. The Hall–Kier alpha value is -1.76. The molecule has 0 spiro atoms. The van der Waals surface area contributed by atoms with Crippen molar-refractivity contribution in [1.82, 2.24) is 5.32 Å². The van der Waals surface area contributed by atoms with Gasteiger partial charge in [0.2, 0.25) is 0 Å². The first-order valence-corrected chi connectivity index (χ1v) is 8.20. The first kappa shape index (κ1) is 16.1. The summed E-state index contributed by atoms with van der Waals surface area (Å²) in [5, 5.41) is 3.12. The normalized spacial score (nSPS) is 23.0. The van der Waals surface area contributed by atoms with E-state index in [2.05, 4.69) is 10.3 Å². The first-order valence-electron chi connectivity index (χ1n) is 7.38. The van der Waals surface area contributed by atoms with Crippen LogP contribution in [0.1, 0.15) is 36.8 Å². The highest BCUT2D eigenvalue weighted by molar-refractivity contribution is 8.18. The smallest absolute Gasteiger partial charge is 0.301 e. The van der Waals surface area contributed by atoms with Gasteiger partial charge in [0.1, 0.15) is 0 Å². The molecular weight excluding hydrogens is 325 g/mol. The third kappa shape index (κ3) is 3.77. The molecule has 0 atom stereocenters. The molecule has 1 aliphatic carbocycles. The van der Waals surface area contributed by atoms with Gasteiger partial charge in [0.05, 0.1) is 16.5 Å². The summed E-state index contributed by atoms with van der Waals surface area (Å²) in [5.74, 6) is -0.399. The molecule has 0 unspecified atom stereocenters. The van der Waals surface area contributed by atoms with Crippen molar-refractivity contribution >= 4 is 28.9 Å². The van der Waals surface area contributed by atoms with E-state index in [-0.39, 0.29) is 16.5 Å². The lowest BCUT2D eigenvalue weighted by Gasteiger charge is -2.09. The van der Waals surface area contributed by atoms with Crippen molar-refractivity contribution in [3.05, 3.63) is 40.3 Å². The van der Waals surface area contributed by atoms with Crippen LogP contribution >= 0.6 is 11.8 Å². The van der Waals surface area contributed by atoms with Crippen LogP contribution in [0.25, 0.3) is 6.08 Å². The number of carbonyl (C=O) groups excluding carboxylic acids is 1. The molecule has 1 amide bonds. The molecule has 3 rings (SSSR count). The summed E-state index contributed by atoms with van der Waals surface area (Å²) in [4.78, 5) is 16.7. The summed E-state index contributed by atoms with van der Waals surface area (Å²) in [5.41, 5.74) is -0.762. The molecule has 1 aliphatic heterocycles. The van der Waals surface area contributed by atoms with Crippen LogP contribution in [0.2, 0.25) is 0 Å². The van der Waals surface area contributed by atoms with Gasteiger partial charge < -0.3 is 5.32 Å². The van der Waals surface area contributed by atoms with E-state index in [4.69, 9.17) is 0 Å². The van der Waals surface area contributed by atoms with Gasteiger partial charge >= 0.3 is 6.18 Å². The van der Waals surface area contributed by atoms with Crippen LogP contribution in [0.5, 0.6) is 0 Å². The zero-order chi connectivity index (χ0) is 16.4. The van der Waals surface area contributed by atoms with Crippen molar-refractivity contribution in [3.63, 3.8) is 0 Å². The molecule has 1 aromatic carbocycles. The Morgan fingerprint density at radius 2 is 1.91 bits per heavy atom. The number of amides is 1. The molecule has 1 saturated carbocycles. The van der Waals surface area contributed by atoms with E-state index in [1.165, 1.54) is 24.3 Å². The number of rotatable bonds is 2. The zero-order valence-electron chi connectivity index (χ0n) is 12.2. The molecule has 2 aliphatic rings. The molecule has 3 nitrogen and oxygen atoms in total. The molecule has 7 heteroatoms. The maximum atomic E-state index is 13.0.